The van der Waals surface area contributed by atoms with Crippen molar-refractivity contribution in [2.75, 3.05) is 20.6 Å². The van der Waals surface area contributed by atoms with Gasteiger partial charge >= 0.3 is 0 Å². The summed E-state index contributed by atoms with van der Waals surface area (Å²) in [5.74, 6) is 0. The summed E-state index contributed by atoms with van der Waals surface area (Å²) >= 11 is 1.85. The molecule has 0 spiro atoms. The first kappa shape index (κ1) is 15.7. The fourth-order valence-electron chi connectivity index (χ4n) is 2.43. The number of hydrogen-bond donors (Lipinski definition) is 1. The summed E-state index contributed by atoms with van der Waals surface area (Å²) in [5, 5.41) is 5.96. The van der Waals surface area contributed by atoms with Crippen molar-refractivity contribution in [1.82, 2.24) is 10.2 Å². The van der Waals surface area contributed by atoms with Crippen LogP contribution in [0.2, 0.25) is 0 Å². The van der Waals surface area contributed by atoms with Crippen molar-refractivity contribution in [2.45, 2.75) is 52.1 Å². The topological polar surface area (TPSA) is 15.3 Å². The third-order valence-corrected chi connectivity index (χ3v) is 5.03. The smallest absolute Gasteiger partial charge is 0.0515 e. The Kier molecular flexibility index (Phi) is 5.83. The molecule has 2 nitrogen and oxygen atoms in total. The third kappa shape index (κ3) is 3.14. The summed E-state index contributed by atoms with van der Waals surface area (Å²) in [5.41, 5.74) is 1.62. The Morgan fingerprint density at radius 1 is 1.39 bits per heavy atom. The lowest BCUT2D eigenvalue weighted by molar-refractivity contribution is 0.113. The van der Waals surface area contributed by atoms with Gasteiger partial charge in [-0.25, -0.2) is 0 Å². The van der Waals surface area contributed by atoms with Crippen LogP contribution in [0.5, 0.6) is 0 Å². The maximum Gasteiger partial charge on any atom is 0.0515 e. The van der Waals surface area contributed by atoms with E-state index < -0.39 is 0 Å². The largest absolute Gasteiger partial charge is 0.308 e. The second-order valence-corrected chi connectivity index (χ2v) is 6.54. The van der Waals surface area contributed by atoms with E-state index in [9.17, 15) is 0 Å². The van der Waals surface area contributed by atoms with Crippen LogP contribution in [0, 0.1) is 6.92 Å². The van der Waals surface area contributed by atoms with Crippen molar-refractivity contribution in [3.8, 4) is 0 Å². The fourth-order valence-corrected chi connectivity index (χ4v) is 3.17. The summed E-state index contributed by atoms with van der Waals surface area (Å²) in [7, 11) is 4.37. The zero-order chi connectivity index (χ0) is 13.8. The molecule has 0 radical (unpaired) electrons. The Morgan fingerprint density at radius 3 is 2.44 bits per heavy atom. The van der Waals surface area contributed by atoms with E-state index in [1.54, 1.807) is 0 Å². The Hall–Kier alpha value is -0.380. The van der Waals surface area contributed by atoms with Gasteiger partial charge in [0.1, 0.15) is 0 Å². The molecule has 1 rings (SSSR count). The fraction of sp³-hybridized carbons (Fsp3) is 0.733. The van der Waals surface area contributed by atoms with Gasteiger partial charge in [0, 0.05) is 10.4 Å². The number of rotatable bonds is 7. The Morgan fingerprint density at radius 2 is 2.06 bits per heavy atom. The molecule has 1 heterocycles. The molecule has 1 aromatic rings. The molecule has 2 unspecified atom stereocenters. The predicted octanol–water partition coefficient (Wildman–Crippen LogP) is 3.83. The van der Waals surface area contributed by atoms with E-state index in [2.05, 4.69) is 63.5 Å². The van der Waals surface area contributed by atoms with Gasteiger partial charge in [0.15, 0.2) is 0 Å². The maximum atomic E-state index is 3.75. The lowest BCUT2D eigenvalue weighted by Gasteiger charge is -2.43. The van der Waals surface area contributed by atoms with Gasteiger partial charge in [-0.1, -0.05) is 13.8 Å². The monoisotopic (exact) mass is 268 g/mol. The molecule has 0 aliphatic heterocycles. The molecule has 0 fully saturated rings. The van der Waals surface area contributed by atoms with Crippen molar-refractivity contribution in [2.24, 2.45) is 0 Å². The number of likely N-dealkylation sites (N-methyl/N-ethyl adjacent to an activating group) is 1. The number of thiophene rings is 1. The van der Waals surface area contributed by atoms with Crippen molar-refractivity contribution >= 4 is 11.3 Å². The highest BCUT2D eigenvalue weighted by molar-refractivity contribution is 7.10. The van der Waals surface area contributed by atoms with Crippen LogP contribution < -0.4 is 5.32 Å². The molecule has 0 aliphatic rings. The summed E-state index contributed by atoms with van der Waals surface area (Å²) in [6, 6.07) is 2.69. The Labute approximate surface area is 116 Å². The first-order valence-corrected chi connectivity index (χ1v) is 7.80. The molecule has 0 saturated carbocycles. The zero-order valence-corrected chi connectivity index (χ0v) is 13.5. The van der Waals surface area contributed by atoms with E-state index in [4.69, 9.17) is 0 Å². The molecular weight excluding hydrogens is 240 g/mol. The van der Waals surface area contributed by atoms with Crippen LogP contribution in [0.25, 0.3) is 0 Å². The second kappa shape index (κ2) is 6.69. The summed E-state index contributed by atoms with van der Waals surface area (Å²) in [4.78, 5) is 3.79. The second-order valence-electron chi connectivity index (χ2n) is 5.42. The minimum absolute atomic E-state index is 0.154. The third-order valence-electron chi connectivity index (χ3n) is 4.17. The van der Waals surface area contributed by atoms with Gasteiger partial charge in [0.25, 0.3) is 0 Å². The van der Waals surface area contributed by atoms with Gasteiger partial charge in [-0.3, -0.25) is 0 Å². The summed E-state index contributed by atoms with van der Waals surface area (Å²) < 4.78 is 0. The minimum atomic E-state index is 0.154. The van der Waals surface area contributed by atoms with E-state index in [0.29, 0.717) is 6.04 Å². The van der Waals surface area contributed by atoms with Gasteiger partial charge in [-0.2, -0.15) is 0 Å². The quantitative estimate of drug-likeness (QED) is 0.808. The highest BCUT2D eigenvalue weighted by atomic mass is 32.1. The molecule has 0 aliphatic carbocycles. The molecule has 1 aromatic heterocycles. The summed E-state index contributed by atoms with van der Waals surface area (Å²) in [6.07, 6.45) is 2.31. The van der Waals surface area contributed by atoms with Gasteiger partial charge in [-0.05, 0) is 64.3 Å². The van der Waals surface area contributed by atoms with Crippen molar-refractivity contribution in [3.05, 3.63) is 21.9 Å². The molecule has 104 valence electrons. The van der Waals surface area contributed by atoms with Crippen LogP contribution in [0.3, 0.4) is 0 Å². The normalized spacial score (nSPS) is 16.8. The molecule has 0 saturated heterocycles. The maximum absolute atomic E-state index is 3.75. The van der Waals surface area contributed by atoms with Crippen LogP contribution in [0.4, 0.5) is 0 Å². The van der Waals surface area contributed by atoms with Crippen LogP contribution in [0.1, 0.15) is 50.1 Å². The minimum Gasteiger partial charge on any atom is -0.308 e. The van der Waals surface area contributed by atoms with E-state index in [1.165, 1.54) is 16.9 Å². The SMILES string of the molecule is CCCNC(c1ccsc1C)C(C)(CC)N(C)C. The van der Waals surface area contributed by atoms with E-state index in [0.717, 1.165) is 13.0 Å². The van der Waals surface area contributed by atoms with Crippen LogP contribution in [-0.2, 0) is 0 Å². The van der Waals surface area contributed by atoms with Crippen molar-refractivity contribution < 1.29 is 0 Å². The molecule has 18 heavy (non-hydrogen) atoms. The molecule has 3 heteroatoms. The molecule has 1 N–H and O–H groups in total. The molecular formula is C15H28N2S. The molecule has 0 aromatic carbocycles. The van der Waals surface area contributed by atoms with Crippen LogP contribution >= 0.6 is 11.3 Å². The highest BCUT2D eigenvalue weighted by Crippen LogP contribution is 2.35. The van der Waals surface area contributed by atoms with Gasteiger partial charge in [0.05, 0.1) is 6.04 Å². The first-order chi connectivity index (χ1) is 8.47. The number of nitrogens with zero attached hydrogens (tertiary/aromatic N) is 1. The summed E-state index contributed by atoms with van der Waals surface area (Å²) in [6.45, 7) is 10.2. The lowest BCUT2D eigenvalue weighted by atomic mass is 9.83. The van der Waals surface area contributed by atoms with Crippen LogP contribution in [-0.4, -0.2) is 31.1 Å². The predicted molar refractivity (Wildman–Crippen MR) is 82.5 cm³/mol. The highest BCUT2D eigenvalue weighted by Gasteiger charge is 2.36. The average molecular weight is 268 g/mol. The Bertz CT molecular complexity index is 359. The number of aryl methyl sites for hydroxylation is 1. The average Bonchev–Trinajstić information content (AvgIpc) is 2.75. The van der Waals surface area contributed by atoms with Gasteiger partial charge in [-0.15, -0.1) is 11.3 Å². The van der Waals surface area contributed by atoms with Gasteiger partial charge in [0.2, 0.25) is 0 Å². The van der Waals surface area contributed by atoms with E-state index in [-0.39, 0.29) is 5.54 Å². The van der Waals surface area contributed by atoms with E-state index in [1.807, 2.05) is 11.3 Å². The lowest BCUT2D eigenvalue weighted by Crippen LogP contribution is -2.51. The van der Waals surface area contributed by atoms with E-state index >= 15 is 0 Å². The molecule has 0 amide bonds. The molecule has 0 bridgehead atoms. The number of hydrogen-bond acceptors (Lipinski definition) is 3. The molecule has 2 atom stereocenters. The van der Waals surface area contributed by atoms with Crippen LogP contribution in [0.15, 0.2) is 11.4 Å². The number of nitrogens with one attached hydrogen (secondary N) is 1. The van der Waals surface area contributed by atoms with Crippen molar-refractivity contribution in [3.63, 3.8) is 0 Å². The standard InChI is InChI=1S/C15H28N2S/c1-7-10-16-14(13-9-11-18-12(13)3)15(4,8-2)17(5)6/h9,11,14,16H,7-8,10H2,1-6H3. The first-order valence-electron chi connectivity index (χ1n) is 6.92. The van der Waals surface area contributed by atoms with Gasteiger partial charge < -0.3 is 10.2 Å². The Balaban J connectivity index is 3.08. The van der Waals surface area contributed by atoms with Crippen molar-refractivity contribution in [1.29, 1.82) is 0 Å². The zero-order valence-electron chi connectivity index (χ0n) is 12.7.